The number of hydrogen-bond acceptors (Lipinski definition) is 3. The van der Waals surface area contributed by atoms with Crippen molar-refractivity contribution in [2.24, 2.45) is 5.73 Å². The van der Waals surface area contributed by atoms with Crippen LogP contribution in [0.3, 0.4) is 0 Å². The number of alkyl halides is 3. The van der Waals surface area contributed by atoms with Crippen LogP contribution in [0.5, 0.6) is 5.75 Å². The predicted molar refractivity (Wildman–Crippen MR) is 66.0 cm³/mol. The molecule has 1 aromatic carbocycles. The van der Waals surface area contributed by atoms with Crippen molar-refractivity contribution in [3.05, 3.63) is 28.8 Å². The molecule has 108 valence electrons. The highest BCUT2D eigenvalue weighted by atomic mass is 35.5. The third-order valence-corrected chi connectivity index (χ3v) is 2.86. The highest BCUT2D eigenvalue weighted by molar-refractivity contribution is 6.32. The number of benzene rings is 1. The SMILES string of the molecule is CCC[C@H](O)[C@H](N)c1ccc(OC(F)(F)F)c(Cl)c1. The highest BCUT2D eigenvalue weighted by Crippen LogP contribution is 2.32. The van der Waals surface area contributed by atoms with Gasteiger partial charge in [0.2, 0.25) is 0 Å². The summed E-state index contributed by atoms with van der Waals surface area (Å²) in [6, 6.07) is 3.02. The molecule has 0 saturated carbocycles. The average molecular weight is 298 g/mol. The topological polar surface area (TPSA) is 55.5 Å². The maximum absolute atomic E-state index is 12.1. The summed E-state index contributed by atoms with van der Waals surface area (Å²) >= 11 is 5.70. The maximum Gasteiger partial charge on any atom is 0.573 e. The van der Waals surface area contributed by atoms with Crippen LogP contribution >= 0.6 is 11.6 Å². The molecule has 0 aromatic heterocycles. The number of nitrogens with two attached hydrogens (primary N) is 1. The van der Waals surface area contributed by atoms with Crippen molar-refractivity contribution in [2.75, 3.05) is 0 Å². The molecule has 0 aliphatic rings. The molecule has 0 spiro atoms. The summed E-state index contributed by atoms with van der Waals surface area (Å²) in [5.41, 5.74) is 6.26. The van der Waals surface area contributed by atoms with Crippen molar-refractivity contribution < 1.29 is 23.0 Å². The van der Waals surface area contributed by atoms with E-state index in [2.05, 4.69) is 4.74 Å². The van der Waals surface area contributed by atoms with Gasteiger partial charge in [-0.05, 0) is 24.1 Å². The summed E-state index contributed by atoms with van der Waals surface area (Å²) in [6.07, 6.45) is -4.32. The molecule has 0 aliphatic carbocycles. The highest BCUT2D eigenvalue weighted by Gasteiger charge is 2.32. The minimum atomic E-state index is -4.80. The van der Waals surface area contributed by atoms with Crippen LogP contribution in [-0.4, -0.2) is 17.6 Å². The first-order valence-electron chi connectivity index (χ1n) is 5.73. The van der Waals surface area contributed by atoms with Crippen molar-refractivity contribution in [1.29, 1.82) is 0 Å². The van der Waals surface area contributed by atoms with Crippen LogP contribution in [0.25, 0.3) is 0 Å². The van der Waals surface area contributed by atoms with Crippen LogP contribution < -0.4 is 10.5 Å². The quantitative estimate of drug-likeness (QED) is 0.876. The lowest BCUT2D eigenvalue weighted by Gasteiger charge is -2.19. The molecule has 0 bridgehead atoms. The molecular formula is C12H15ClF3NO2. The van der Waals surface area contributed by atoms with Crippen LogP contribution in [0, 0.1) is 0 Å². The van der Waals surface area contributed by atoms with Crippen molar-refractivity contribution in [3.8, 4) is 5.75 Å². The number of hydrogen-bond donors (Lipinski definition) is 2. The van der Waals surface area contributed by atoms with E-state index in [1.54, 1.807) is 0 Å². The molecule has 1 aromatic rings. The van der Waals surface area contributed by atoms with Crippen LogP contribution in [0.4, 0.5) is 13.2 Å². The lowest BCUT2D eigenvalue weighted by atomic mass is 9.99. The summed E-state index contributed by atoms with van der Waals surface area (Å²) in [5, 5.41) is 9.54. The average Bonchev–Trinajstić information content (AvgIpc) is 2.29. The van der Waals surface area contributed by atoms with E-state index < -0.39 is 24.3 Å². The number of ether oxygens (including phenoxy) is 1. The Hall–Kier alpha value is -0.980. The van der Waals surface area contributed by atoms with Gasteiger partial charge in [0.1, 0.15) is 5.75 Å². The third kappa shape index (κ3) is 4.89. The number of rotatable bonds is 5. The fourth-order valence-electron chi connectivity index (χ4n) is 1.63. The third-order valence-electron chi connectivity index (χ3n) is 2.57. The smallest absolute Gasteiger partial charge is 0.404 e. The van der Waals surface area contributed by atoms with Crippen LogP contribution in [-0.2, 0) is 0 Å². The van der Waals surface area contributed by atoms with E-state index in [4.69, 9.17) is 17.3 Å². The van der Waals surface area contributed by atoms with E-state index in [0.29, 0.717) is 12.0 Å². The predicted octanol–water partition coefficient (Wildman–Crippen LogP) is 3.40. The van der Waals surface area contributed by atoms with Gasteiger partial charge in [-0.25, -0.2) is 0 Å². The Morgan fingerprint density at radius 3 is 2.53 bits per heavy atom. The summed E-state index contributed by atoms with van der Waals surface area (Å²) in [7, 11) is 0. The van der Waals surface area contributed by atoms with Gasteiger partial charge in [0, 0.05) is 0 Å². The van der Waals surface area contributed by atoms with Gasteiger partial charge >= 0.3 is 6.36 Å². The largest absolute Gasteiger partial charge is 0.573 e. The molecule has 0 aliphatic heterocycles. The zero-order chi connectivity index (χ0) is 14.6. The Labute approximate surface area is 114 Å². The first-order valence-corrected chi connectivity index (χ1v) is 6.11. The van der Waals surface area contributed by atoms with Gasteiger partial charge in [0.05, 0.1) is 17.2 Å². The van der Waals surface area contributed by atoms with Gasteiger partial charge in [0.25, 0.3) is 0 Å². The Morgan fingerprint density at radius 1 is 1.42 bits per heavy atom. The van der Waals surface area contributed by atoms with Crippen LogP contribution in [0.15, 0.2) is 18.2 Å². The number of aliphatic hydroxyl groups excluding tert-OH is 1. The normalized spacial score (nSPS) is 15.1. The van der Waals surface area contributed by atoms with Gasteiger partial charge in [-0.15, -0.1) is 13.2 Å². The zero-order valence-corrected chi connectivity index (χ0v) is 11.0. The zero-order valence-electron chi connectivity index (χ0n) is 10.2. The summed E-state index contributed by atoms with van der Waals surface area (Å²) in [4.78, 5) is 0. The van der Waals surface area contributed by atoms with Gasteiger partial charge in [-0.1, -0.05) is 31.0 Å². The Bertz CT molecular complexity index is 426. The van der Waals surface area contributed by atoms with Crippen molar-refractivity contribution >= 4 is 11.6 Å². The first kappa shape index (κ1) is 16.1. The van der Waals surface area contributed by atoms with Gasteiger partial charge < -0.3 is 15.6 Å². The molecule has 0 fully saturated rings. The number of aliphatic hydroxyl groups is 1. The Kier molecular flexibility index (Phi) is 5.46. The van der Waals surface area contributed by atoms with E-state index in [1.807, 2.05) is 6.92 Å². The molecule has 1 rings (SSSR count). The lowest BCUT2D eigenvalue weighted by molar-refractivity contribution is -0.274. The standard InChI is InChI=1S/C12H15ClF3NO2/c1-2-3-9(18)11(17)7-4-5-10(8(13)6-7)19-12(14,15)16/h4-6,9,11,18H,2-3,17H2,1H3/t9-,11+/m0/s1. The van der Waals surface area contributed by atoms with E-state index in [-0.39, 0.29) is 5.02 Å². The first-order chi connectivity index (χ1) is 8.74. The molecular weight excluding hydrogens is 283 g/mol. The molecule has 19 heavy (non-hydrogen) atoms. The molecule has 0 saturated heterocycles. The summed E-state index contributed by atoms with van der Waals surface area (Å²) in [6.45, 7) is 1.89. The molecule has 0 amide bonds. The van der Waals surface area contributed by atoms with Crippen molar-refractivity contribution in [2.45, 2.75) is 38.3 Å². The Morgan fingerprint density at radius 2 is 2.05 bits per heavy atom. The second kappa shape index (κ2) is 6.45. The molecule has 2 atom stereocenters. The van der Waals surface area contributed by atoms with Gasteiger partial charge in [-0.2, -0.15) is 0 Å². The van der Waals surface area contributed by atoms with Crippen molar-refractivity contribution in [1.82, 2.24) is 0 Å². The molecule has 3 nitrogen and oxygen atoms in total. The minimum absolute atomic E-state index is 0.200. The fraction of sp³-hybridized carbons (Fsp3) is 0.500. The van der Waals surface area contributed by atoms with Gasteiger partial charge in [0.15, 0.2) is 0 Å². The minimum Gasteiger partial charge on any atom is -0.404 e. The second-order valence-corrected chi connectivity index (χ2v) is 4.53. The monoisotopic (exact) mass is 297 g/mol. The summed E-state index contributed by atoms with van der Waals surface area (Å²) in [5.74, 6) is -0.491. The van der Waals surface area contributed by atoms with E-state index in [9.17, 15) is 18.3 Å². The van der Waals surface area contributed by atoms with Crippen LogP contribution in [0.1, 0.15) is 31.4 Å². The molecule has 3 N–H and O–H groups in total. The lowest BCUT2D eigenvalue weighted by Crippen LogP contribution is -2.26. The van der Waals surface area contributed by atoms with E-state index in [1.165, 1.54) is 12.1 Å². The van der Waals surface area contributed by atoms with Crippen molar-refractivity contribution in [3.63, 3.8) is 0 Å². The number of halogens is 4. The molecule has 0 unspecified atom stereocenters. The van der Waals surface area contributed by atoms with Gasteiger partial charge in [-0.3, -0.25) is 0 Å². The fourth-order valence-corrected chi connectivity index (χ4v) is 1.86. The molecule has 0 heterocycles. The van der Waals surface area contributed by atoms with E-state index in [0.717, 1.165) is 12.5 Å². The van der Waals surface area contributed by atoms with Crippen LogP contribution in [0.2, 0.25) is 5.02 Å². The molecule has 7 heteroatoms. The maximum atomic E-state index is 12.1. The Balaban J connectivity index is 2.87. The second-order valence-electron chi connectivity index (χ2n) is 4.12. The molecule has 0 radical (unpaired) electrons. The summed E-state index contributed by atoms with van der Waals surface area (Å²) < 4.78 is 39.9. The van der Waals surface area contributed by atoms with E-state index >= 15 is 0 Å².